The molecule has 0 saturated carbocycles. The van der Waals surface area contributed by atoms with Gasteiger partial charge in [0, 0.05) is 0 Å². The molecule has 0 radical (unpaired) electrons. The molecule has 1 aromatic heterocycles. The third-order valence-electron chi connectivity index (χ3n) is 1.90. The summed E-state index contributed by atoms with van der Waals surface area (Å²) in [5.41, 5.74) is 2.51. The molecule has 14 heavy (non-hydrogen) atoms. The molecule has 0 spiro atoms. The van der Waals surface area contributed by atoms with Gasteiger partial charge in [0.25, 0.3) is 5.58 Å². The van der Waals surface area contributed by atoms with E-state index in [1.807, 2.05) is 18.2 Å². The smallest absolute Gasteiger partial charge is 0.267 e. The van der Waals surface area contributed by atoms with Crippen LogP contribution in [0.5, 0.6) is 5.75 Å². The van der Waals surface area contributed by atoms with Crippen LogP contribution < -0.4 is 4.74 Å². The van der Waals surface area contributed by atoms with Crippen LogP contribution in [0.3, 0.4) is 0 Å². The predicted molar refractivity (Wildman–Crippen MR) is 60.3 cm³/mol. The highest BCUT2D eigenvalue weighted by Crippen LogP contribution is 2.30. The van der Waals surface area contributed by atoms with E-state index in [4.69, 9.17) is 13.9 Å². The van der Waals surface area contributed by atoms with Crippen LogP contribution in [-0.4, -0.2) is 18.1 Å². The van der Waals surface area contributed by atoms with E-state index in [1.165, 1.54) is 0 Å². The molecule has 2 rings (SSSR count). The quantitative estimate of drug-likeness (QED) is 0.435. The number of rotatable bonds is 3. The topological polar surface area (TPSA) is 35.5 Å². The Labute approximate surface area is 86.3 Å². The number of fused-ring (bicyclic) bond motifs is 1. The minimum atomic E-state index is 0. The molecule has 1 heterocycles. The van der Waals surface area contributed by atoms with Gasteiger partial charge in [-0.2, -0.15) is 0 Å². The summed E-state index contributed by atoms with van der Waals surface area (Å²) < 4.78 is 14.7. The fraction of sp³-hybridized carbons (Fsp3) is 0.200. The first kappa shape index (κ1) is 10.7. The summed E-state index contributed by atoms with van der Waals surface area (Å²) >= 11 is 0. The lowest BCUT2D eigenvalue weighted by atomic mass is 10.1. The lowest BCUT2D eigenvalue weighted by Crippen LogP contribution is -1.90. The molecule has 0 atom stereocenters. The van der Waals surface area contributed by atoms with Gasteiger partial charge in [0.05, 0.1) is 7.11 Å². The molecular formula is C10H14O3Si. The molecule has 4 heteroatoms. The second kappa shape index (κ2) is 4.19. The number of allylic oxidation sites excluding steroid dienone is 1. The van der Waals surface area contributed by atoms with Crippen LogP contribution in [0.15, 0.2) is 33.9 Å². The average Bonchev–Trinajstić information content (AvgIpc) is 2.09. The van der Waals surface area contributed by atoms with Crippen LogP contribution in [0, 0.1) is 0 Å². The molecule has 0 fully saturated rings. The van der Waals surface area contributed by atoms with E-state index in [9.17, 15) is 0 Å². The molecule has 0 saturated heterocycles. The van der Waals surface area contributed by atoms with Gasteiger partial charge in [-0.05, 0) is 35.1 Å². The third kappa shape index (κ3) is 1.61. The standard InChI is InChI=1S/C10H10O3.H4Si/c1-3-4-7-5-8(11-2)10-9(6-7)12-13-10;/h3,5-6H,1,4H2,2H3;1H4. The van der Waals surface area contributed by atoms with Crippen molar-refractivity contribution in [1.29, 1.82) is 0 Å². The summed E-state index contributed by atoms with van der Waals surface area (Å²) in [5.74, 6) is 0.709. The first-order valence-corrected chi connectivity index (χ1v) is 4.01. The normalized spacial score (nSPS) is 9.79. The van der Waals surface area contributed by atoms with Gasteiger partial charge in [0.2, 0.25) is 5.58 Å². The zero-order chi connectivity index (χ0) is 9.26. The van der Waals surface area contributed by atoms with Crippen molar-refractivity contribution in [2.24, 2.45) is 0 Å². The Kier molecular flexibility index (Phi) is 3.19. The van der Waals surface area contributed by atoms with Crippen molar-refractivity contribution in [3.05, 3.63) is 30.4 Å². The average molecular weight is 210 g/mol. The van der Waals surface area contributed by atoms with Gasteiger partial charge in [-0.3, -0.25) is 9.15 Å². The van der Waals surface area contributed by atoms with E-state index in [-0.39, 0.29) is 11.0 Å². The van der Waals surface area contributed by atoms with E-state index < -0.39 is 0 Å². The zero-order valence-electron chi connectivity index (χ0n) is 7.37. The zero-order valence-corrected chi connectivity index (χ0v) is 7.37. The summed E-state index contributed by atoms with van der Waals surface area (Å²) in [5, 5.41) is 0. The summed E-state index contributed by atoms with van der Waals surface area (Å²) in [4.78, 5) is 0. The Morgan fingerprint density at radius 3 is 2.71 bits per heavy atom. The first-order chi connectivity index (χ1) is 6.35. The maximum absolute atomic E-state index is 5.12. The van der Waals surface area contributed by atoms with Gasteiger partial charge in [0.15, 0.2) is 5.75 Å². The van der Waals surface area contributed by atoms with E-state index in [0.717, 1.165) is 17.6 Å². The van der Waals surface area contributed by atoms with E-state index >= 15 is 0 Å². The monoisotopic (exact) mass is 210 g/mol. The van der Waals surface area contributed by atoms with Crippen LogP contribution in [0.2, 0.25) is 0 Å². The summed E-state index contributed by atoms with van der Waals surface area (Å²) in [6.45, 7) is 3.67. The fourth-order valence-electron chi connectivity index (χ4n) is 1.26. The van der Waals surface area contributed by atoms with Crippen LogP contribution in [0.25, 0.3) is 11.2 Å². The van der Waals surface area contributed by atoms with Crippen molar-refractivity contribution in [2.75, 3.05) is 7.11 Å². The van der Waals surface area contributed by atoms with Gasteiger partial charge < -0.3 is 4.74 Å². The summed E-state index contributed by atoms with van der Waals surface area (Å²) in [7, 11) is 1.61. The van der Waals surface area contributed by atoms with Gasteiger partial charge in [-0.1, -0.05) is 6.08 Å². The Morgan fingerprint density at radius 2 is 2.21 bits per heavy atom. The highest BCUT2D eigenvalue weighted by atomic mass is 28.1. The van der Waals surface area contributed by atoms with Gasteiger partial charge >= 0.3 is 0 Å². The minimum Gasteiger partial charge on any atom is -0.492 e. The van der Waals surface area contributed by atoms with E-state index in [1.54, 1.807) is 7.11 Å². The molecule has 0 amide bonds. The van der Waals surface area contributed by atoms with Gasteiger partial charge in [-0.25, -0.2) is 0 Å². The molecule has 0 unspecified atom stereocenters. The Balaban J connectivity index is 0.000000980. The van der Waals surface area contributed by atoms with Crippen LogP contribution in [0.1, 0.15) is 5.56 Å². The number of methoxy groups -OCH3 is 1. The van der Waals surface area contributed by atoms with Gasteiger partial charge in [0.1, 0.15) is 0 Å². The highest BCUT2D eigenvalue weighted by Gasteiger charge is 2.12. The minimum absolute atomic E-state index is 0. The molecule has 0 N–H and O–H groups in total. The van der Waals surface area contributed by atoms with Crippen LogP contribution in [0.4, 0.5) is 0 Å². The van der Waals surface area contributed by atoms with Crippen LogP contribution in [-0.2, 0) is 6.42 Å². The second-order valence-corrected chi connectivity index (χ2v) is 2.78. The van der Waals surface area contributed by atoms with Crippen molar-refractivity contribution in [1.82, 2.24) is 0 Å². The molecule has 1 aromatic carbocycles. The molecule has 0 aliphatic heterocycles. The maximum atomic E-state index is 5.12. The molecular weight excluding hydrogens is 196 g/mol. The molecule has 3 nitrogen and oxygen atoms in total. The third-order valence-corrected chi connectivity index (χ3v) is 1.90. The SMILES string of the molecule is C=CCc1cc(OC)c2ooc2c1.[SiH4]. The second-order valence-electron chi connectivity index (χ2n) is 2.78. The number of ether oxygens (including phenoxy) is 1. The van der Waals surface area contributed by atoms with Crippen molar-refractivity contribution in [3.63, 3.8) is 0 Å². The molecule has 0 bridgehead atoms. The summed E-state index contributed by atoms with van der Waals surface area (Å²) in [6, 6.07) is 3.84. The molecule has 0 aliphatic rings. The van der Waals surface area contributed by atoms with E-state index in [0.29, 0.717) is 11.3 Å². The lowest BCUT2D eigenvalue weighted by Gasteiger charge is -2.06. The fourth-order valence-corrected chi connectivity index (χ4v) is 1.26. The van der Waals surface area contributed by atoms with E-state index in [2.05, 4.69) is 6.58 Å². The largest absolute Gasteiger partial charge is 0.492 e. The van der Waals surface area contributed by atoms with Crippen molar-refractivity contribution in [2.45, 2.75) is 6.42 Å². The molecule has 2 aromatic rings. The summed E-state index contributed by atoms with van der Waals surface area (Å²) in [6.07, 6.45) is 2.63. The number of hydrogen-bond donors (Lipinski definition) is 0. The number of benzene rings is 1. The maximum Gasteiger partial charge on any atom is 0.267 e. The van der Waals surface area contributed by atoms with Gasteiger partial charge in [-0.15, -0.1) is 6.58 Å². The first-order valence-electron chi connectivity index (χ1n) is 4.01. The highest BCUT2D eigenvalue weighted by molar-refractivity contribution is 5.78. The van der Waals surface area contributed by atoms with Crippen molar-refractivity contribution < 1.29 is 13.9 Å². The van der Waals surface area contributed by atoms with Crippen molar-refractivity contribution in [3.8, 4) is 5.75 Å². The Morgan fingerprint density at radius 1 is 1.43 bits per heavy atom. The predicted octanol–water partition coefficient (Wildman–Crippen LogP) is 1.31. The Bertz CT molecular complexity index is 427. The molecule has 76 valence electrons. The number of hydrogen-bond acceptors (Lipinski definition) is 3. The Hall–Kier alpha value is -1.42. The lowest BCUT2D eigenvalue weighted by molar-refractivity contribution is 0.0564. The van der Waals surface area contributed by atoms with Crippen molar-refractivity contribution >= 4 is 22.1 Å². The molecule has 0 aliphatic carbocycles. The van der Waals surface area contributed by atoms with Crippen LogP contribution >= 0.6 is 0 Å².